The van der Waals surface area contributed by atoms with Gasteiger partial charge in [-0.15, -0.1) is 36.2 Å². The second-order valence-corrected chi connectivity index (χ2v) is 8.14. The van der Waals surface area contributed by atoms with Crippen LogP contribution in [-0.4, -0.2) is 24.0 Å². The Morgan fingerprint density at radius 3 is 2.78 bits per heavy atom. The Hall–Kier alpha value is -1.14. The van der Waals surface area contributed by atoms with Crippen LogP contribution in [-0.2, 0) is 6.42 Å². The molecule has 1 aromatic heterocycles. The Morgan fingerprint density at radius 2 is 2.00 bits per heavy atom. The highest BCUT2D eigenvalue weighted by atomic mass is 35.5. The van der Waals surface area contributed by atoms with Gasteiger partial charge in [0.2, 0.25) is 0 Å². The average Bonchev–Trinajstić information content (AvgIpc) is 3.29. The second kappa shape index (κ2) is 9.87. The highest BCUT2D eigenvalue weighted by Gasteiger charge is 2.25. The molecule has 148 valence electrons. The van der Waals surface area contributed by atoms with E-state index in [0.29, 0.717) is 12.5 Å². The highest BCUT2D eigenvalue weighted by Crippen LogP contribution is 2.37. The minimum Gasteiger partial charge on any atom is -0.349 e. The van der Waals surface area contributed by atoms with Crippen LogP contribution in [0, 0.1) is 6.92 Å². The van der Waals surface area contributed by atoms with E-state index in [9.17, 15) is 4.79 Å². The summed E-state index contributed by atoms with van der Waals surface area (Å²) in [6, 6.07) is 8.70. The number of hydrogen-bond donors (Lipinski definition) is 2. The van der Waals surface area contributed by atoms with E-state index in [2.05, 4.69) is 39.9 Å². The molecule has 4 rings (SSSR count). The fourth-order valence-electron chi connectivity index (χ4n) is 4.03. The fourth-order valence-corrected chi connectivity index (χ4v) is 5.18. The summed E-state index contributed by atoms with van der Waals surface area (Å²) >= 11 is 1.59. The molecule has 1 saturated carbocycles. The van der Waals surface area contributed by atoms with Crippen molar-refractivity contribution in [3.8, 4) is 0 Å². The third-order valence-electron chi connectivity index (χ3n) is 5.41. The molecule has 27 heavy (non-hydrogen) atoms. The summed E-state index contributed by atoms with van der Waals surface area (Å²) in [6.07, 6.45) is 6.07. The number of thiazole rings is 1. The van der Waals surface area contributed by atoms with Gasteiger partial charge in [0.25, 0.3) is 5.91 Å². The van der Waals surface area contributed by atoms with Gasteiger partial charge in [0.1, 0.15) is 4.88 Å². The molecule has 0 radical (unpaired) electrons. The van der Waals surface area contributed by atoms with E-state index < -0.39 is 0 Å². The third-order valence-corrected chi connectivity index (χ3v) is 6.72. The number of nitrogens with zero attached hydrogens (tertiary/aromatic N) is 1. The van der Waals surface area contributed by atoms with E-state index in [-0.39, 0.29) is 36.8 Å². The molecule has 2 aromatic rings. The van der Waals surface area contributed by atoms with E-state index in [1.807, 2.05) is 6.92 Å². The van der Waals surface area contributed by atoms with Crippen LogP contribution in [0.4, 0.5) is 0 Å². The summed E-state index contributed by atoms with van der Waals surface area (Å²) in [6.45, 7) is 3.53. The molecular formula is C20H27Cl2N3OS. The van der Waals surface area contributed by atoms with Crippen LogP contribution in [0.1, 0.15) is 69.1 Å². The van der Waals surface area contributed by atoms with Gasteiger partial charge in [-0.3, -0.25) is 4.79 Å². The van der Waals surface area contributed by atoms with Crippen molar-refractivity contribution in [3.05, 3.63) is 51.0 Å². The Bertz CT molecular complexity index is 774. The molecular weight excluding hydrogens is 401 g/mol. The number of amides is 1. The second-order valence-electron chi connectivity index (χ2n) is 7.11. The first-order chi connectivity index (χ1) is 12.2. The molecule has 1 unspecified atom stereocenters. The molecule has 1 fully saturated rings. The molecule has 2 N–H and O–H groups in total. The first-order valence-electron chi connectivity index (χ1n) is 9.29. The summed E-state index contributed by atoms with van der Waals surface area (Å²) in [5.74, 6) is 0.584. The van der Waals surface area contributed by atoms with Crippen molar-refractivity contribution >= 4 is 42.1 Å². The van der Waals surface area contributed by atoms with Gasteiger partial charge in [0.05, 0.1) is 10.7 Å². The Balaban J connectivity index is 0.00000131. The maximum Gasteiger partial charge on any atom is 0.263 e. The molecule has 2 aliphatic rings. The lowest BCUT2D eigenvalue weighted by molar-refractivity contribution is 0.0952. The fraction of sp³-hybridized carbons (Fsp3) is 0.500. The molecule has 7 heteroatoms. The molecule has 1 aromatic carbocycles. The lowest BCUT2D eigenvalue weighted by Crippen LogP contribution is -2.38. The summed E-state index contributed by atoms with van der Waals surface area (Å²) in [5, 5.41) is 7.80. The highest BCUT2D eigenvalue weighted by molar-refractivity contribution is 7.13. The maximum atomic E-state index is 12.7. The first kappa shape index (κ1) is 22.2. The van der Waals surface area contributed by atoms with Gasteiger partial charge in [-0.1, -0.05) is 37.1 Å². The Labute approximate surface area is 177 Å². The van der Waals surface area contributed by atoms with Crippen molar-refractivity contribution in [2.75, 3.05) is 13.1 Å². The van der Waals surface area contributed by atoms with Gasteiger partial charge >= 0.3 is 0 Å². The van der Waals surface area contributed by atoms with Crippen LogP contribution in [0.5, 0.6) is 0 Å². The quantitative estimate of drug-likeness (QED) is 0.750. The number of fused-ring (bicyclic) bond motifs is 1. The summed E-state index contributed by atoms with van der Waals surface area (Å²) in [5.41, 5.74) is 3.57. The number of hydrogen-bond acceptors (Lipinski definition) is 4. The van der Waals surface area contributed by atoms with Crippen LogP contribution >= 0.6 is 36.2 Å². The summed E-state index contributed by atoms with van der Waals surface area (Å²) in [4.78, 5) is 18.1. The largest absolute Gasteiger partial charge is 0.349 e. The maximum absolute atomic E-state index is 12.7. The lowest BCUT2D eigenvalue weighted by Gasteiger charge is -2.27. The van der Waals surface area contributed by atoms with Crippen LogP contribution in [0.15, 0.2) is 24.3 Å². The van der Waals surface area contributed by atoms with E-state index in [0.717, 1.165) is 28.5 Å². The topological polar surface area (TPSA) is 54.0 Å². The van der Waals surface area contributed by atoms with Gasteiger partial charge < -0.3 is 10.6 Å². The third kappa shape index (κ3) is 4.83. The SMILES string of the molecule is Cc1nc(C2CCCC2)sc1C(=O)NCC1NCCc2ccccc21.Cl.Cl. The van der Waals surface area contributed by atoms with Gasteiger partial charge in [-0.05, 0) is 43.9 Å². The van der Waals surface area contributed by atoms with Crippen molar-refractivity contribution in [1.29, 1.82) is 0 Å². The van der Waals surface area contributed by atoms with Crippen LogP contribution in [0.25, 0.3) is 0 Å². The standard InChI is InChI=1S/C20H25N3OS.2ClH/c1-13-18(25-20(23-13)15-7-2-3-8-15)19(24)22-12-17-16-9-5-4-6-14(16)10-11-21-17;;/h4-6,9,15,17,21H,2-3,7-8,10-12H2,1H3,(H,22,24);2*1H. The van der Waals surface area contributed by atoms with E-state index in [1.54, 1.807) is 11.3 Å². The first-order valence-corrected chi connectivity index (χ1v) is 10.1. The minimum absolute atomic E-state index is 0. The van der Waals surface area contributed by atoms with Gasteiger partial charge in [0.15, 0.2) is 0 Å². The average molecular weight is 428 g/mol. The van der Waals surface area contributed by atoms with Crippen molar-refractivity contribution in [3.63, 3.8) is 0 Å². The van der Waals surface area contributed by atoms with Crippen LogP contribution < -0.4 is 10.6 Å². The van der Waals surface area contributed by atoms with E-state index in [4.69, 9.17) is 0 Å². The number of halogens is 2. The number of rotatable bonds is 4. The zero-order valence-electron chi connectivity index (χ0n) is 15.5. The van der Waals surface area contributed by atoms with Crippen LogP contribution in [0.2, 0.25) is 0 Å². The normalized spacial score (nSPS) is 18.9. The summed E-state index contributed by atoms with van der Waals surface area (Å²) in [7, 11) is 0. The zero-order chi connectivity index (χ0) is 17.2. The predicted molar refractivity (Wildman–Crippen MR) is 116 cm³/mol. The molecule has 1 aliphatic heterocycles. The molecule has 4 nitrogen and oxygen atoms in total. The monoisotopic (exact) mass is 427 g/mol. The summed E-state index contributed by atoms with van der Waals surface area (Å²) < 4.78 is 0. The smallest absolute Gasteiger partial charge is 0.263 e. The Kier molecular flexibility index (Phi) is 8.10. The van der Waals surface area contributed by atoms with Crippen molar-refractivity contribution in [1.82, 2.24) is 15.6 Å². The number of carbonyl (C=O) groups is 1. The van der Waals surface area contributed by atoms with Crippen molar-refractivity contribution in [2.45, 2.75) is 51.0 Å². The molecule has 0 bridgehead atoms. The molecule has 1 amide bonds. The Morgan fingerprint density at radius 1 is 1.26 bits per heavy atom. The molecule has 0 spiro atoms. The lowest BCUT2D eigenvalue weighted by atomic mass is 9.94. The molecule has 0 saturated heterocycles. The van der Waals surface area contributed by atoms with Crippen molar-refractivity contribution < 1.29 is 4.79 Å². The minimum atomic E-state index is 0. The van der Waals surface area contributed by atoms with Gasteiger partial charge in [-0.25, -0.2) is 4.98 Å². The number of carbonyl (C=O) groups excluding carboxylic acids is 1. The molecule has 2 heterocycles. The number of nitrogens with one attached hydrogen (secondary N) is 2. The molecule has 1 aliphatic carbocycles. The molecule has 1 atom stereocenters. The van der Waals surface area contributed by atoms with Gasteiger partial charge in [-0.2, -0.15) is 0 Å². The van der Waals surface area contributed by atoms with E-state index >= 15 is 0 Å². The van der Waals surface area contributed by atoms with E-state index in [1.165, 1.54) is 36.8 Å². The zero-order valence-corrected chi connectivity index (χ0v) is 17.9. The van der Waals surface area contributed by atoms with Gasteiger partial charge in [0, 0.05) is 18.5 Å². The number of aryl methyl sites for hydroxylation is 1. The number of benzene rings is 1. The van der Waals surface area contributed by atoms with Crippen molar-refractivity contribution in [2.24, 2.45) is 0 Å². The van der Waals surface area contributed by atoms with Crippen LogP contribution in [0.3, 0.4) is 0 Å². The predicted octanol–water partition coefficient (Wildman–Crippen LogP) is 4.57. The number of aromatic nitrogens is 1.